The quantitative estimate of drug-likeness (QED) is 0.462. The van der Waals surface area contributed by atoms with E-state index in [0.29, 0.717) is 5.82 Å². The van der Waals surface area contributed by atoms with Gasteiger partial charge in [0, 0.05) is 6.20 Å². The van der Waals surface area contributed by atoms with Crippen LogP contribution >= 0.6 is 0 Å². The number of hydrogen-bond donors (Lipinski definition) is 4. The molecule has 0 aromatic carbocycles. The van der Waals surface area contributed by atoms with Crippen molar-refractivity contribution in [2.24, 2.45) is 0 Å². The van der Waals surface area contributed by atoms with Crippen molar-refractivity contribution in [1.82, 2.24) is 15.6 Å². The Kier molecular flexibility index (Phi) is 5.01. The molecule has 0 saturated heterocycles. The summed E-state index contributed by atoms with van der Waals surface area (Å²) in [6.45, 7) is 5.08. The zero-order chi connectivity index (χ0) is 15.2. The molecule has 3 amide bonds. The average Bonchev–Trinajstić information content (AvgIpc) is 2.26. The van der Waals surface area contributed by atoms with Crippen molar-refractivity contribution in [3.8, 4) is 0 Å². The number of alkyl carbamates (subject to hydrolysis) is 1. The number of ether oxygens (including phenoxy) is 1. The molecule has 0 bridgehead atoms. The highest BCUT2D eigenvalue weighted by Gasteiger charge is 2.17. The highest BCUT2D eigenvalue weighted by atomic mass is 16.6. The Bertz CT molecular complexity index is 496. The minimum absolute atomic E-state index is 0.329. The van der Waals surface area contributed by atoms with E-state index in [0.717, 1.165) is 0 Å². The number of nitrogens with one attached hydrogen (secondary N) is 4. The minimum Gasteiger partial charge on any atom is -0.444 e. The zero-order valence-corrected chi connectivity index (χ0v) is 11.5. The number of guanidine groups is 1. The van der Waals surface area contributed by atoms with Gasteiger partial charge in [-0.1, -0.05) is 6.07 Å². The van der Waals surface area contributed by atoms with E-state index >= 15 is 0 Å². The summed E-state index contributed by atoms with van der Waals surface area (Å²) in [7, 11) is 0. The fraction of sp³-hybridized carbons (Fsp3) is 0.333. The van der Waals surface area contributed by atoms with E-state index in [-0.39, 0.29) is 0 Å². The van der Waals surface area contributed by atoms with Crippen molar-refractivity contribution in [1.29, 1.82) is 5.41 Å². The van der Waals surface area contributed by atoms with Gasteiger partial charge in [-0.15, -0.1) is 0 Å². The number of amides is 3. The van der Waals surface area contributed by atoms with Gasteiger partial charge in [0.2, 0.25) is 5.96 Å². The van der Waals surface area contributed by atoms with Crippen molar-refractivity contribution in [3.05, 3.63) is 24.4 Å². The van der Waals surface area contributed by atoms with Crippen LogP contribution in [0.2, 0.25) is 0 Å². The summed E-state index contributed by atoms with van der Waals surface area (Å²) in [6, 6.07) is 4.30. The van der Waals surface area contributed by atoms with Crippen LogP contribution in [0.25, 0.3) is 0 Å². The molecule has 0 radical (unpaired) electrons. The van der Waals surface area contributed by atoms with Gasteiger partial charge >= 0.3 is 12.1 Å². The fourth-order valence-electron chi connectivity index (χ4n) is 1.13. The van der Waals surface area contributed by atoms with E-state index in [1.165, 1.54) is 6.20 Å². The molecule has 0 atom stereocenters. The molecular formula is C12H17N5O3. The van der Waals surface area contributed by atoms with Crippen LogP contribution in [0, 0.1) is 5.41 Å². The molecular weight excluding hydrogens is 262 g/mol. The van der Waals surface area contributed by atoms with Crippen molar-refractivity contribution >= 4 is 23.9 Å². The summed E-state index contributed by atoms with van der Waals surface area (Å²) in [4.78, 5) is 26.7. The van der Waals surface area contributed by atoms with Crippen LogP contribution < -0.4 is 16.0 Å². The summed E-state index contributed by atoms with van der Waals surface area (Å²) < 4.78 is 4.93. The van der Waals surface area contributed by atoms with Crippen molar-refractivity contribution in [2.45, 2.75) is 26.4 Å². The van der Waals surface area contributed by atoms with Gasteiger partial charge in [0.15, 0.2) is 0 Å². The number of aromatic nitrogens is 1. The van der Waals surface area contributed by atoms with Crippen molar-refractivity contribution < 1.29 is 14.3 Å². The minimum atomic E-state index is -0.819. The Morgan fingerprint density at radius 2 is 1.95 bits per heavy atom. The SMILES string of the molecule is CC(C)(C)OC(=O)NC(=N)NC(=O)Nc1ccccn1. The number of nitrogens with zero attached hydrogens (tertiary/aromatic N) is 1. The van der Waals surface area contributed by atoms with Gasteiger partial charge in [0.25, 0.3) is 0 Å². The van der Waals surface area contributed by atoms with E-state index < -0.39 is 23.7 Å². The largest absolute Gasteiger partial charge is 0.444 e. The van der Waals surface area contributed by atoms with Gasteiger partial charge in [-0.3, -0.25) is 21.4 Å². The molecule has 8 heteroatoms. The van der Waals surface area contributed by atoms with E-state index in [4.69, 9.17) is 10.1 Å². The molecule has 0 spiro atoms. The Labute approximate surface area is 116 Å². The van der Waals surface area contributed by atoms with Crippen molar-refractivity contribution in [2.75, 3.05) is 5.32 Å². The lowest BCUT2D eigenvalue weighted by Crippen LogP contribution is -2.46. The molecule has 1 aromatic heterocycles. The Morgan fingerprint density at radius 1 is 1.25 bits per heavy atom. The Hall–Kier alpha value is -2.64. The van der Waals surface area contributed by atoms with Crippen LogP contribution in [0.15, 0.2) is 24.4 Å². The molecule has 1 rings (SSSR count). The highest BCUT2D eigenvalue weighted by Crippen LogP contribution is 2.06. The fourth-order valence-corrected chi connectivity index (χ4v) is 1.13. The standard InChI is InChI=1S/C12H17N5O3/c1-12(2,3)20-11(19)17-9(13)16-10(18)15-8-6-4-5-7-14-8/h4-7H,1-3H3,(H4,13,14,15,16,17,18,19). The smallest absolute Gasteiger partial charge is 0.414 e. The molecule has 4 N–H and O–H groups in total. The van der Waals surface area contributed by atoms with Gasteiger partial charge in [-0.2, -0.15) is 0 Å². The predicted molar refractivity (Wildman–Crippen MR) is 73.5 cm³/mol. The molecule has 1 aromatic rings. The maximum atomic E-state index is 11.5. The zero-order valence-electron chi connectivity index (χ0n) is 11.5. The third kappa shape index (κ3) is 6.34. The third-order valence-electron chi connectivity index (χ3n) is 1.77. The van der Waals surface area contributed by atoms with Gasteiger partial charge in [0.1, 0.15) is 11.4 Å². The van der Waals surface area contributed by atoms with E-state index in [1.54, 1.807) is 39.0 Å². The lowest BCUT2D eigenvalue weighted by molar-refractivity contribution is 0.0561. The molecule has 0 saturated carbocycles. The van der Waals surface area contributed by atoms with Crippen LogP contribution in [0.1, 0.15) is 20.8 Å². The molecule has 0 fully saturated rings. The third-order valence-corrected chi connectivity index (χ3v) is 1.77. The summed E-state index contributed by atoms with van der Waals surface area (Å²) in [5.74, 6) is -0.164. The van der Waals surface area contributed by atoms with E-state index in [1.807, 2.05) is 0 Å². The first-order valence-electron chi connectivity index (χ1n) is 5.84. The molecule has 20 heavy (non-hydrogen) atoms. The average molecular weight is 279 g/mol. The number of urea groups is 1. The predicted octanol–water partition coefficient (Wildman–Crippen LogP) is 1.66. The highest BCUT2D eigenvalue weighted by molar-refractivity contribution is 6.04. The topological polar surface area (TPSA) is 116 Å². The number of hydrogen-bond acceptors (Lipinski definition) is 5. The molecule has 1 heterocycles. The van der Waals surface area contributed by atoms with Crippen LogP contribution in [-0.4, -0.2) is 28.7 Å². The number of carbonyl (C=O) groups excluding carboxylic acids is 2. The molecule has 108 valence electrons. The van der Waals surface area contributed by atoms with Crippen LogP contribution in [-0.2, 0) is 4.74 Å². The number of anilines is 1. The van der Waals surface area contributed by atoms with Crippen LogP contribution in [0.3, 0.4) is 0 Å². The Morgan fingerprint density at radius 3 is 2.50 bits per heavy atom. The van der Waals surface area contributed by atoms with Gasteiger partial charge in [0.05, 0.1) is 0 Å². The molecule has 0 aliphatic rings. The molecule has 0 unspecified atom stereocenters. The first-order chi connectivity index (χ1) is 9.26. The van der Waals surface area contributed by atoms with E-state index in [2.05, 4.69) is 20.9 Å². The van der Waals surface area contributed by atoms with Gasteiger partial charge < -0.3 is 4.74 Å². The second kappa shape index (κ2) is 6.50. The van der Waals surface area contributed by atoms with Crippen LogP contribution in [0.4, 0.5) is 15.4 Å². The Balaban J connectivity index is 2.39. The second-order valence-corrected chi connectivity index (χ2v) is 4.80. The lowest BCUT2D eigenvalue weighted by Gasteiger charge is -2.19. The van der Waals surface area contributed by atoms with Crippen LogP contribution in [0.5, 0.6) is 0 Å². The molecule has 8 nitrogen and oxygen atoms in total. The maximum absolute atomic E-state index is 11.5. The van der Waals surface area contributed by atoms with Crippen molar-refractivity contribution in [3.63, 3.8) is 0 Å². The van der Waals surface area contributed by atoms with E-state index in [9.17, 15) is 9.59 Å². The first kappa shape index (κ1) is 15.4. The summed E-state index contributed by atoms with van der Waals surface area (Å²) >= 11 is 0. The maximum Gasteiger partial charge on any atom is 0.414 e. The monoisotopic (exact) mass is 279 g/mol. The normalized spacial score (nSPS) is 10.3. The molecule has 0 aliphatic heterocycles. The lowest BCUT2D eigenvalue weighted by atomic mass is 10.2. The summed E-state index contributed by atoms with van der Waals surface area (Å²) in [6.07, 6.45) is 0.695. The van der Waals surface area contributed by atoms with Gasteiger partial charge in [-0.25, -0.2) is 14.6 Å². The van der Waals surface area contributed by atoms with Gasteiger partial charge in [-0.05, 0) is 32.9 Å². The molecule has 0 aliphatic carbocycles. The first-order valence-corrected chi connectivity index (χ1v) is 5.84. The number of rotatable bonds is 1. The second-order valence-electron chi connectivity index (χ2n) is 4.80. The summed E-state index contributed by atoms with van der Waals surface area (Å²) in [5, 5.41) is 14.0. The number of carbonyl (C=O) groups is 2. The summed E-state index contributed by atoms with van der Waals surface area (Å²) in [5.41, 5.74) is -0.680. The number of pyridine rings is 1.